The van der Waals surface area contributed by atoms with Crippen molar-refractivity contribution in [1.29, 1.82) is 0 Å². The monoisotopic (exact) mass is 352 g/mol. The second-order valence-corrected chi connectivity index (χ2v) is 6.52. The molecule has 0 fully saturated rings. The molecule has 6 nitrogen and oxygen atoms in total. The van der Waals surface area contributed by atoms with E-state index in [1.54, 1.807) is 7.11 Å². The summed E-state index contributed by atoms with van der Waals surface area (Å²) in [6.07, 6.45) is 4.08. The van der Waals surface area contributed by atoms with Crippen molar-refractivity contribution in [3.8, 4) is 17.2 Å². The summed E-state index contributed by atoms with van der Waals surface area (Å²) in [5, 5.41) is 8.73. The van der Waals surface area contributed by atoms with Gasteiger partial charge in [-0.25, -0.2) is 4.98 Å². The van der Waals surface area contributed by atoms with E-state index in [2.05, 4.69) is 34.4 Å². The van der Waals surface area contributed by atoms with Crippen molar-refractivity contribution in [1.82, 2.24) is 19.6 Å². The van der Waals surface area contributed by atoms with Crippen LogP contribution in [-0.2, 0) is 5.75 Å². The van der Waals surface area contributed by atoms with E-state index >= 15 is 0 Å². The fraction of sp³-hybridized carbons (Fsp3) is 0.167. The summed E-state index contributed by atoms with van der Waals surface area (Å²) >= 11 is 1.48. The van der Waals surface area contributed by atoms with Crippen LogP contribution in [0.1, 0.15) is 11.3 Å². The molecule has 0 N–H and O–H groups in total. The summed E-state index contributed by atoms with van der Waals surface area (Å²) < 4.78 is 12.9. The molecule has 0 saturated heterocycles. The van der Waals surface area contributed by atoms with Gasteiger partial charge in [0, 0.05) is 23.7 Å². The standard InChI is InChI=1S/C18H16N4O2S/c1-12-3-8-16-19-14(10-22(16)9-12)11-25-18-21-20-17(24-18)13-4-6-15(23-2)7-5-13/h3-10H,11H2,1-2H3. The highest BCUT2D eigenvalue weighted by atomic mass is 32.2. The maximum absolute atomic E-state index is 5.72. The average Bonchev–Trinajstić information content (AvgIpc) is 3.26. The molecule has 0 amide bonds. The van der Waals surface area contributed by atoms with Gasteiger partial charge in [-0.05, 0) is 42.8 Å². The van der Waals surface area contributed by atoms with Gasteiger partial charge in [0.2, 0.25) is 5.89 Å². The fourth-order valence-electron chi connectivity index (χ4n) is 2.48. The number of fused-ring (bicyclic) bond motifs is 1. The predicted octanol–water partition coefficient (Wildman–Crippen LogP) is 3.99. The Morgan fingerprint density at radius 2 is 1.92 bits per heavy atom. The van der Waals surface area contributed by atoms with Gasteiger partial charge in [-0.1, -0.05) is 17.8 Å². The highest BCUT2D eigenvalue weighted by molar-refractivity contribution is 7.98. The first-order valence-corrected chi connectivity index (χ1v) is 8.75. The van der Waals surface area contributed by atoms with Crippen molar-refractivity contribution in [2.24, 2.45) is 0 Å². The van der Waals surface area contributed by atoms with Gasteiger partial charge in [0.1, 0.15) is 11.4 Å². The lowest BCUT2D eigenvalue weighted by Gasteiger charge is -1.99. The van der Waals surface area contributed by atoms with Crippen LogP contribution in [0.3, 0.4) is 0 Å². The van der Waals surface area contributed by atoms with Crippen LogP contribution < -0.4 is 4.74 Å². The molecule has 4 rings (SSSR count). The van der Waals surface area contributed by atoms with Crippen LogP contribution in [0.15, 0.2) is 58.4 Å². The molecule has 1 aromatic carbocycles. The summed E-state index contributed by atoms with van der Waals surface area (Å²) in [5.74, 6) is 1.96. The topological polar surface area (TPSA) is 65.5 Å². The number of methoxy groups -OCH3 is 1. The van der Waals surface area contributed by atoms with Crippen LogP contribution in [0.5, 0.6) is 5.75 Å². The first kappa shape index (κ1) is 15.7. The summed E-state index contributed by atoms with van der Waals surface area (Å²) in [6, 6.07) is 11.6. The molecular formula is C18H16N4O2S. The van der Waals surface area contributed by atoms with Crippen LogP contribution >= 0.6 is 11.8 Å². The number of thioether (sulfide) groups is 1. The number of imidazole rings is 1. The maximum atomic E-state index is 5.72. The number of pyridine rings is 1. The minimum Gasteiger partial charge on any atom is -0.497 e. The molecule has 3 aromatic heterocycles. The minimum atomic E-state index is 0.496. The lowest BCUT2D eigenvalue weighted by atomic mass is 10.2. The third kappa shape index (κ3) is 3.36. The van der Waals surface area contributed by atoms with Crippen LogP contribution in [0.4, 0.5) is 0 Å². The SMILES string of the molecule is COc1ccc(-c2nnc(SCc3cn4cc(C)ccc4n3)o2)cc1. The number of nitrogens with zero attached hydrogens (tertiary/aromatic N) is 4. The Kier molecular flexibility index (Phi) is 4.15. The normalized spacial score (nSPS) is 11.1. The van der Waals surface area contributed by atoms with E-state index < -0.39 is 0 Å². The third-order valence-electron chi connectivity index (χ3n) is 3.74. The van der Waals surface area contributed by atoms with Gasteiger partial charge in [0.15, 0.2) is 0 Å². The maximum Gasteiger partial charge on any atom is 0.277 e. The summed E-state index contributed by atoms with van der Waals surface area (Å²) in [7, 11) is 1.64. The Morgan fingerprint density at radius 3 is 2.72 bits per heavy atom. The zero-order chi connectivity index (χ0) is 17.2. The molecule has 3 heterocycles. The van der Waals surface area contributed by atoms with Gasteiger partial charge in [-0.15, -0.1) is 10.2 Å². The molecule has 0 saturated carbocycles. The zero-order valence-corrected chi connectivity index (χ0v) is 14.7. The molecule has 4 aromatic rings. The third-order valence-corrected chi connectivity index (χ3v) is 4.59. The molecular weight excluding hydrogens is 336 g/mol. The molecule has 7 heteroatoms. The number of aryl methyl sites for hydroxylation is 1. The predicted molar refractivity (Wildman–Crippen MR) is 95.8 cm³/mol. The Bertz CT molecular complexity index is 1010. The number of aromatic nitrogens is 4. The van der Waals surface area contributed by atoms with Gasteiger partial charge in [-0.3, -0.25) is 0 Å². The van der Waals surface area contributed by atoms with Gasteiger partial charge in [0.05, 0.1) is 12.8 Å². The Morgan fingerprint density at radius 1 is 1.08 bits per heavy atom. The number of rotatable bonds is 5. The minimum absolute atomic E-state index is 0.496. The van der Waals surface area contributed by atoms with Crippen LogP contribution in [0.2, 0.25) is 0 Å². The van der Waals surface area contributed by atoms with E-state index in [9.17, 15) is 0 Å². The smallest absolute Gasteiger partial charge is 0.277 e. The fourth-order valence-corrected chi connectivity index (χ4v) is 3.13. The summed E-state index contributed by atoms with van der Waals surface area (Å²) in [4.78, 5) is 4.59. The first-order valence-electron chi connectivity index (χ1n) is 7.76. The summed E-state index contributed by atoms with van der Waals surface area (Å²) in [5.41, 5.74) is 3.97. The van der Waals surface area contributed by atoms with Crippen molar-refractivity contribution in [3.63, 3.8) is 0 Å². The lowest BCUT2D eigenvalue weighted by Crippen LogP contribution is -1.82. The molecule has 0 unspecified atom stereocenters. The second-order valence-electron chi connectivity index (χ2n) is 5.59. The van der Waals surface area contributed by atoms with Crippen molar-refractivity contribution >= 4 is 17.4 Å². The quantitative estimate of drug-likeness (QED) is 0.506. The molecule has 0 aliphatic heterocycles. The van der Waals surface area contributed by atoms with Gasteiger partial charge in [-0.2, -0.15) is 0 Å². The molecule has 0 radical (unpaired) electrons. The van der Waals surface area contributed by atoms with E-state index in [4.69, 9.17) is 9.15 Å². The molecule has 0 atom stereocenters. The lowest BCUT2D eigenvalue weighted by molar-refractivity contribution is 0.414. The number of ether oxygens (including phenoxy) is 1. The first-order chi connectivity index (χ1) is 12.2. The van der Waals surface area contributed by atoms with Crippen molar-refractivity contribution in [2.75, 3.05) is 7.11 Å². The van der Waals surface area contributed by atoms with Gasteiger partial charge < -0.3 is 13.6 Å². The van der Waals surface area contributed by atoms with Crippen LogP contribution in [-0.4, -0.2) is 26.7 Å². The molecule has 0 aliphatic carbocycles. The van der Waals surface area contributed by atoms with Gasteiger partial charge >= 0.3 is 0 Å². The molecule has 25 heavy (non-hydrogen) atoms. The second kappa shape index (κ2) is 6.60. The van der Waals surface area contributed by atoms with Crippen molar-refractivity contribution in [2.45, 2.75) is 17.9 Å². The van der Waals surface area contributed by atoms with Gasteiger partial charge in [0.25, 0.3) is 5.22 Å². The Labute approximate surface area is 148 Å². The molecule has 0 aliphatic rings. The Balaban J connectivity index is 1.46. The summed E-state index contributed by atoms with van der Waals surface area (Å²) in [6.45, 7) is 2.06. The molecule has 0 spiro atoms. The molecule has 126 valence electrons. The van der Waals surface area contributed by atoms with E-state index in [1.165, 1.54) is 17.3 Å². The van der Waals surface area contributed by atoms with Crippen LogP contribution in [0, 0.1) is 6.92 Å². The van der Waals surface area contributed by atoms with E-state index in [1.807, 2.05) is 40.9 Å². The highest BCUT2D eigenvalue weighted by Gasteiger charge is 2.10. The number of hydrogen-bond donors (Lipinski definition) is 0. The van der Waals surface area contributed by atoms with E-state index in [-0.39, 0.29) is 0 Å². The largest absolute Gasteiger partial charge is 0.497 e. The van der Waals surface area contributed by atoms with Crippen LogP contribution in [0.25, 0.3) is 17.1 Å². The van der Waals surface area contributed by atoms with Crippen molar-refractivity contribution < 1.29 is 9.15 Å². The average molecular weight is 352 g/mol. The highest BCUT2D eigenvalue weighted by Crippen LogP contribution is 2.26. The van der Waals surface area contributed by atoms with Crippen molar-refractivity contribution in [3.05, 3.63) is 60.0 Å². The Hall–Kier alpha value is -2.80. The zero-order valence-electron chi connectivity index (χ0n) is 13.8. The number of benzene rings is 1. The molecule has 0 bridgehead atoms. The van der Waals surface area contributed by atoms with E-state index in [0.29, 0.717) is 16.9 Å². The number of hydrogen-bond acceptors (Lipinski definition) is 6. The van der Waals surface area contributed by atoms with E-state index in [0.717, 1.165) is 22.7 Å².